The number of hydrogen-bond acceptors (Lipinski definition) is 5. The minimum absolute atomic E-state index is 0. The molecular weight excluding hydrogens is 241 g/mol. The Morgan fingerprint density at radius 2 is 1.83 bits per heavy atom. The van der Waals surface area contributed by atoms with E-state index in [1.807, 2.05) is 30.3 Å². The molecule has 0 spiro atoms. The number of aromatic carboxylic acids is 1. The molecule has 6 heteroatoms. The van der Waals surface area contributed by atoms with E-state index < -0.39 is 5.97 Å². The van der Waals surface area contributed by atoms with E-state index in [1.54, 1.807) is 0 Å². The molecule has 18 heavy (non-hydrogen) atoms. The van der Waals surface area contributed by atoms with Gasteiger partial charge in [-0.05, 0) is 5.56 Å². The second-order valence-corrected chi connectivity index (χ2v) is 3.38. The Hall–Kier alpha value is -1.43. The molecule has 0 atom stereocenters. The van der Waals surface area contributed by atoms with E-state index in [9.17, 15) is 9.90 Å². The van der Waals surface area contributed by atoms with Crippen LogP contribution in [0, 0.1) is 0 Å². The normalized spacial score (nSPS) is 9.33. The summed E-state index contributed by atoms with van der Waals surface area (Å²) in [7, 11) is 0. The van der Waals surface area contributed by atoms with Crippen LogP contribution in [0.5, 0.6) is 0 Å². The molecule has 86 valence electrons. The second kappa shape index (κ2) is 7.10. The van der Waals surface area contributed by atoms with E-state index in [0.29, 0.717) is 6.54 Å². The molecule has 0 saturated heterocycles. The number of benzene rings is 1. The number of carbonyl (C=O) groups is 1. The summed E-state index contributed by atoms with van der Waals surface area (Å²) in [6, 6.07) is 9.60. The van der Waals surface area contributed by atoms with Crippen molar-refractivity contribution < 1.29 is 39.5 Å². The summed E-state index contributed by atoms with van der Waals surface area (Å²) in [6.45, 7) is 0.486. The average Bonchev–Trinajstić information content (AvgIpc) is 2.38. The molecule has 0 bridgehead atoms. The molecule has 1 aromatic heterocycles. The van der Waals surface area contributed by atoms with Gasteiger partial charge in [0, 0.05) is 18.9 Å². The van der Waals surface area contributed by atoms with Gasteiger partial charge in [-0.2, -0.15) is 0 Å². The van der Waals surface area contributed by atoms with E-state index in [2.05, 4.69) is 15.3 Å². The van der Waals surface area contributed by atoms with Crippen LogP contribution in [0.1, 0.15) is 16.1 Å². The van der Waals surface area contributed by atoms with Gasteiger partial charge in [0.1, 0.15) is 5.69 Å². The number of hydrogen-bond donors (Lipinski definition) is 1. The van der Waals surface area contributed by atoms with Crippen molar-refractivity contribution in [2.75, 3.05) is 5.32 Å². The number of carbonyl (C=O) groups excluding carboxylic acids is 1. The summed E-state index contributed by atoms with van der Waals surface area (Å²) in [5, 5.41) is 13.7. The summed E-state index contributed by atoms with van der Waals surface area (Å²) >= 11 is 0. The summed E-state index contributed by atoms with van der Waals surface area (Å²) in [5.74, 6) is -1.12. The number of nitrogens with one attached hydrogen (secondary N) is 1. The molecule has 2 aromatic rings. The largest absolute Gasteiger partial charge is 1.00 e. The van der Waals surface area contributed by atoms with Crippen molar-refractivity contribution in [1.82, 2.24) is 9.97 Å². The van der Waals surface area contributed by atoms with Gasteiger partial charge < -0.3 is 15.2 Å². The van der Waals surface area contributed by atoms with Gasteiger partial charge >= 0.3 is 29.6 Å². The molecule has 0 fully saturated rings. The molecule has 1 N–H and O–H groups in total. The maximum Gasteiger partial charge on any atom is 1.00 e. The van der Waals surface area contributed by atoms with Crippen LogP contribution < -0.4 is 40.0 Å². The number of nitrogens with zero attached hydrogens (tertiary/aromatic N) is 2. The minimum Gasteiger partial charge on any atom is -0.543 e. The van der Waals surface area contributed by atoms with Crippen molar-refractivity contribution in [3.8, 4) is 0 Å². The fourth-order valence-electron chi connectivity index (χ4n) is 1.40. The first-order valence-corrected chi connectivity index (χ1v) is 5.07. The first-order chi connectivity index (χ1) is 8.27. The van der Waals surface area contributed by atoms with Crippen LogP contribution in [0.4, 0.5) is 5.82 Å². The number of rotatable bonds is 4. The van der Waals surface area contributed by atoms with Gasteiger partial charge in [-0.15, -0.1) is 0 Å². The second-order valence-electron chi connectivity index (χ2n) is 3.38. The zero-order valence-corrected chi connectivity index (χ0v) is 12.0. The molecule has 2 rings (SSSR count). The topological polar surface area (TPSA) is 77.9 Å². The molecule has 0 unspecified atom stereocenters. The Morgan fingerprint density at radius 3 is 2.50 bits per heavy atom. The van der Waals surface area contributed by atoms with Gasteiger partial charge in [0.2, 0.25) is 0 Å². The third-order valence-electron chi connectivity index (χ3n) is 2.19. The predicted molar refractivity (Wildman–Crippen MR) is 60.1 cm³/mol. The van der Waals surface area contributed by atoms with Crippen molar-refractivity contribution in [3.05, 3.63) is 54.0 Å². The molecule has 0 radical (unpaired) electrons. The van der Waals surface area contributed by atoms with Crippen LogP contribution in [0.25, 0.3) is 0 Å². The third kappa shape index (κ3) is 3.80. The van der Waals surface area contributed by atoms with Gasteiger partial charge in [-0.25, -0.2) is 9.97 Å². The Bertz CT molecular complexity index is 520. The molecule has 1 aromatic carbocycles. The summed E-state index contributed by atoms with van der Waals surface area (Å²) in [4.78, 5) is 18.4. The standard InChI is InChI=1S/C12H11N3O2.Na/c16-12(17)10-11(14-7-6-13-10)15-8-9-4-2-1-3-5-9;/h1-7H,8H2,(H,14,15)(H,16,17);/q;+1/p-1. The van der Waals surface area contributed by atoms with Crippen molar-refractivity contribution in [3.63, 3.8) is 0 Å². The van der Waals surface area contributed by atoms with Crippen molar-refractivity contribution in [1.29, 1.82) is 0 Å². The van der Waals surface area contributed by atoms with Crippen LogP contribution in [-0.2, 0) is 6.54 Å². The van der Waals surface area contributed by atoms with Gasteiger partial charge in [-0.3, -0.25) is 0 Å². The van der Waals surface area contributed by atoms with Gasteiger partial charge in [0.05, 0.1) is 5.97 Å². The maximum atomic E-state index is 10.8. The molecule has 0 amide bonds. The molecule has 0 aliphatic carbocycles. The van der Waals surface area contributed by atoms with Crippen LogP contribution in [0.15, 0.2) is 42.7 Å². The van der Waals surface area contributed by atoms with Crippen LogP contribution in [-0.4, -0.2) is 15.9 Å². The monoisotopic (exact) mass is 251 g/mol. The quantitative estimate of drug-likeness (QED) is 0.606. The van der Waals surface area contributed by atoms with Crippen molar-refractivity contribution >= 4 is 11.8 Å². The third-order valence-corrected chi connectivity index (χ3v) is 2.19. The number of carboxylic acid groups (broad SMARTS) is 1. The average molecular weight is 251 g/mol. The van der Waals surface area contributed by atoms with Crippen LogP contribution in [0.2, 0.25) is 0 Å². The zero-order chi connectivity index (χ0) is 12.1. The van der Waals surface area contributed by atoms with Crippen molar-refractivity contribution in [2.24, 2.45) is 0 Å². The van der Waals surface area contributed by atoms with Crippen LogP contribution >= 0.6 is 0 Å². The predicted octanol–water partition coefficient (Wildman–Crippen LogP) is -2.54. The first-order valence-electron chi connectivity index (χ1n) is 5.07. The number of carboxylic acids is 1. The Labute approximate surface area is 127 Å². The summed E-state index contributed by atoms with van der Waals surface area (Å²) in [5.41, 5.74) is 0.853. The van der Waals surface area contributed by atoms with Gasteiger partial charge in [-0.1, -0.05) is 30.3 Å². The van der Waals surface area contributed by atoms with Crippen molar-refractivity contribution in [2.45, 2.75) is 6.54 Å². The molecular formula is C12H10N3NaO2. The maximum absolute atomic E-state index is 10.8. The van der Waals surface area contributed by atoms with Gasteiger partial charge in [0.25, 0.3) is 0 Å². The summed E-state index contributed by atoms with van der Waals surface area (Å²) in [6.07, 6.45) is 2.75. The molecule has 1 heterocycles. The molecule has 5 nitrogen and oxygen atoms in total. The number of aromatic nitrogens is 2. The number of anilines is 1. The Kier molecular flexibility index (Phi) is 5.77. The smallest absolute Gasteiger partial charge is 0.543 e. The SMILES string of the molecule is O=C([O-])c1nccnc1NCc1ccccc1.[Na+]. The van der Waals surface area contributed by atoms with E-state index in [-0.39, 0.29) is 41.1 Å². The fraction of sp³-hybridized carbons (Fsp3) is 0.0833. The van der Waals surface area contributed by atoms with E-state index >= 15 is 0 Å². The van der Waals surface area contributed by atoms with Gasteiger partial charge in [0.15, 0.2) is 5.82 Å². The minimum atomic E-state index is -1.34. The molecule has 0 aliphatic rings. The summed E-state index contributed by atoms with van der Waals surface area (Å²) < 4.78 is 0. The molecule has 0 aliphatic heterocycles. The van der Waals surface area contributed by atoms with E-state index in [4.69, 9.17) is 0 Å². The van der Waals surface area contributed by atoms with E-state index in [1.165, 1.54) is 12.4 Å². The molecule has 0 saturated carbocycles. The fourth-order valence-corrected chi connectivity index (χ4v) is 1.40. The Morgan fingerprint density at radius 1 is 1.17 bits per heavy atom. The first kappa shape index (κ1) is 14.6. The van der Waals surface area contributed by atoms with Crippen LogP contribution in [0.3, 0.4) is 0 Å². The Balaban J connectivity index is 0.00000162. The zero-order valence-electron chi connectivity index (χ0n) is 9.96. The van der Waals surface area contributed by atoms with E-state index in [0.717, 1.165) is 5.56 Å².